The molecular weight excluding hydrogens is 394 g/mol. The van der Waals surface area contributed by atoms with E-state index in [0.29, 0.717) is 12.1 Å². The van der Waals surface area contributed by atoms with Gasteiger partial charge in [-0.1, -0.05) is 19.8 Å². The third-order valence-corrected chi connectivity index (χ3v) is 6.65. The topological polar surface area (TPSA) is 86.7 Å². The van der Waals surface area contributed by atoms with Crippen LogP contribution >= 0.6 is 0 Å². The van der Waals surface area contributed by atoms with E-state index in [4.69, 9.17) is 0 Å². The van der Waals surface area contributed by atoms with Crippen molar-refractivity contribution in [1.82, 2.24) is 19.7 Å². The SMILES string of the molecule is CC1CCCCC12NC(=O)N(CC(=O)Nc1ccc3c(ccn3CCN(C)C)c1)C2=O. The summed E-state index contributed by atoms with van der Waals surface area (Å²) in [5.74, 6) is -0.576. The fraction of sp³-hybridized carbons (Fsp3) is 0.522. The molecule has 2 aliphatic rings. The Kier molecular flexibility index (Phi) is 5.75. The smallest absolute Gasteiger partial charge is 0.325 e. The van der Waals surface area contributed by atoms with Gasteiger partial charge in [-0.2, -0.15) is 0 Å². The lowest BCUT2D eigenvalue weighted by molar-refractivity contribution is -0.136. The zero-order chi connectivity index (χ0) is 22.2. The number of imide groups is 1. The molecule has 2 aromatic rings. The average Bonchev–Trinajstić information content (AvgIpc) is 3.23. The van der Waals surface area contributed by atoms with Crippen molar-refractivity contribution in [3.05, 3.63) is 30.5 Å². The molecule has 1 aromatic carbocycles. The summed E-state index contributed by atoms with van der Waals surface area (Å²) in [4.78, 5) is 41.4. The van der Waals surface area contributed by atoms with Crippen LogP contribution in [0.3, 0.4) is 0 Å². The number of benzene rings is 1. The summed E-state index contributed by atoms with van der Waals surface area (Å²) < 4.78 is 2.18. The lowest BCUT2D eigenvalue weighted by atomic mass is 9.73. The molecule has 2 atom stereocenters. The highest BCUT2D eigenvalue weighted by Crippen LogP contribution is 2.38. The monoisotopic (exact) mass is 425 g/mol. The molecule has 1 aliphatic heterocycles. The van der Waals surface area contributed by atoms with E-state index in [1.54, 1.807) is 0 Å². The minimum atomic E-state index is -0.843. The first-order chi connectivity index (χ1) is 14.8. The Bertz CT molecular complexity index is 1010. The second-order valence-electron chi connectivity index (χ2n) is 9.07. The molecule has 31 heavy (non-hydrogen) atoms. The van der Waals surface area contributed by atoms with E-state index in [-0.39, 0.29) is 24.3 Å². The molecule has 166 valence electrons. The van der Waals surface area contributed by atoms with Crippen molar-refractivity contribution in [2.24, 2.45) is 5.92 Å². The highest BCUT2D eigenvalue weighted by atomic mass is 16.2. The lowest BCUT2D eigenvalue weighted by Crippen LogP contribution is -2.54. The van der Waals surface area contributed by atoms with Crippen LogP contribution in [0.5, 0.6) is 0 Å². The standard InChI is InChI=1S/C23H31N5O3/c1-16-6-4-5-10-23(16)21(30)28(22(31)25-23)15-20(29)24-18-7-8-19-17(14-18)9-11-27(19)13-12-26(2)3/h7-9,11,14,16H,4-6,10,12-13,15H2,1-3H3,(H,24,29)(H,25,31). The normalized spacial score (nSPS) is 23.7. The summed E-state index contributed by atoms with van der Waals surface area (Å²) in [6, 6.07) is 7.29. The summed E-state index contributed by atoms with van der Waals surface area (Å²) >= 11 is 0. The van der Waals surface area contributed by atoms with E-state index < -0.39 is 11.6 Å². The summed E-state index contributed by atoms with van der Waals surface area (Å²) in [5, 5.41) is 6.75. The Morgan fingerprint density at radius 3 is 2.81 bits per heavy atom. The lowest BCUT2D eigenvalue weighted by Gasteiger charge is -2.36. The van der Waals surface area contributed by atoms with Gasteiger partial charge in [0.1, 0.15) is 12.1 Å². The number of aromatic nitrogens is 1. The van der Waals surface area contributed by atoms with Gasteiger partial charge in [0.15, 0.2) is 0 Å². The minimum Gasteiger partial charge on any atom is -0.346 e. The van der Waals surface area contributed by atoms with Crippen LogP contribution in [-0.2, 0) is 16.1 Å². The number of hydrogen-bond donors (Lipinski definition) is 2. The van der Waals surface area contributed by atoms with E-state index in [9.17, 15) is 14.4 Å². The molecule has 1 saturated carbocycles. The van der Waals surface area contributed by atoms with E-state index >= 15 is 0 Å². The number of amides is 4. The number of anilines is 1. The zero-order valence-corrected chi connectivity index (χ0v) is 18.5. The quantitative estimate of drug-likeness (QED) is 0.697. The van der Waals surface area contributed by atoms with Crippen molar-refractivity contribution in [2.45, 2.75) is 44.7 Å². The summed E-state index contributed by atoms with van der Waals surface area (Å²) in [6.45, 7) is 3.55. The molecule has 1 spiro atoms. The van der Waals surface area contributed by atoms with Gasteiger partial charge >= 0.3 is 6.03 Å². The van der Waals surface area contributed by atoms with Crippen molar-refractivity contribution in [1.29, 1.82) is 0 Å². The molecule has 1 aliphatic carbocycles. The predicted octanol–water partition coefficient (Wildman–Crippen LogP) is 2.64. The maximum Gasteiger partial charge on any atom is 0.325 e. The molecule has 2 heterocycles. The average molecular weight is 426 g/mol. The number of carbonyl (C=O) groups is 3. The van der Waals surface area contributed by atoms with Crippen LogP contribution in [-0.4, -0.2) is 64.9 Å². The number of nitrogens with zero attached hydrogens (tertiary/aromatic N) is 3. The van der Waals surface area contributed by atoms with Crippen LogP contribution in [0.15, 0.2) is 30.5 Å². The van der Waals surface area contributed by atoms with Crippen molar-refractivity contribution in [3.8, 4) is 0 Å². The molecule has 1 saturated heterocycles. The summed E-state index contributed by atoms with van der Waals surface area (Å²) in [6.07, 6.45) is 5.55. The summed E-state index contributed by atoms with van der Waals surface area (Å²) in [5.41, 5.74) is 0.905. The maximum absolute atomic E-state index is 13.0. The van der Waals surface area contributed by atoms with Crippen molar-refractivity contribution in [2.75, 3.05) is 32.5 Å². The Labute approximate surface area is 182 Å². The second-order valence-corrected chi connectivity index (χ2v) is 9.07. The van der Waals surface area contributed by atoms with Gasteiger partial charge in [-0.25, -0.2) is 4.79 Å². The maximum atomic E-state index is 13.0. The number of nitrogens with one attached hydrogen (secondary N) is 2. The van der Waals surface area contributed by atoms with Crippen LogP contribution in [0.4, 0.5) is 10.5 Å². The zero-order valence-electron chi connectivity index (χ0n) is 18.5. The molecule has 2 N–H and O–H groups in total. The summed E-state index contributed by atoms with van der Waals surface area (Å²) in [7, 11) is 4.09. The van der Waals surface area contributed by atoms with Crippen molar-refractivity contribution >= 4 is 34.4 Å². The highest BCUT2D eigenvalue weighted by Gasteiger charge is 2.55. The van der Waals surface area contributed by atoms with Crippen LogP contribution in [0.2, 0.25) is 0 Å². The highest BCUT2D eigenvalue weighted by molar-refractivity contribution is 6.10. The minimum absolute atomic E-state index is 0.0738. The van der Waals surface area contributed by atoms with Gasteiger partial charge in [-0.3, -0.25) is 14.5 Å². The van der Waals surface area contributed by atoms with E-state index in [1.807, 2.05) is 51.5 Å². The van der Waals surface area contributed by atoms with Crippen LogP contribution in [0.25, 0.3) is 10.9 Å². The van der Waals surface area contributed by atoms with Gasteiger partial charge < -0.3 is 20.1 Å². The fourth-order valence-electron chi connectivity index (χ4n) is 4.76. The third kappa shape index (κ3) is 4.04. The fourth-order valence-corrected chi connectivity index (χ4v) is 4.76. The van der Waals surface area contributed by atoms with Gasteiger partial charge in [0, 0.05) is 35.9 Å². The first kappa shape index (κ1) is 21.4. The molecule has 8 nitrogen and oxygen atoms in total. The van der Waals surface area contributed by atoms with Crippen LogP contribution in [0.1, 0.15) is 32.6 Å². The molecular formula is C23H31N5O3. The van der Waals surface area contributed by atoms with Crippen LogP contribution in [0, 0.1) is 5.92 Å². The number of fused-ring (bicyclic) bond motifs is 1. The number of carbonyl (C=O) groups excluding carboxylic acids is 3. The molecule has 8 heteroatoms. The van der Waals surface area contributed by atoms with Gasteiger partial charge in [0.25, 0.3) is 5.91 Å². The number of rotatable bonds is 6. The van der Waals surface area contributed by atoms with Gasteiger partial charge in [-0.15, -0.1) is 0 Å². The Morgan fingerprint density at radius 2 is 2.06 bits per heavy atom. The Hall–Kier alpha value is -2.87. The molecule has 2 fully saturated rings. The Balaban J connectivity index is 1.42. The largest absolute Gasteiger partial charge is 0.346 e. The molecule has 0 bridgehead atoms. The molecule has 2 unspecified atom stereocenters. The van der Waals surface area contributed by atoms with Crippen molar-refractivity contribution in [3.63, 3.8) is 0 Å². The second kappa shape index (κ2) is 8.34. The van der Waals surface area contributed by atoms with Gasteiger partial charge in [-0.05, 0) is 57.1 Å². The molecule has 0 radical (unpaired) electrons. The molecule has 4 rings (SSSR count). The number of likely N-dealkylation sites (N-methyl/N-ethyl adjacent to an activating group) is 1. The Morgan fingerprint density at radius 1 is 1.26 bits per heavy atom. The van der Waals surface area contributed by atoms with E-state index in [2.05, 4.69) is 20.1 Å². The van der Waals surface area contributed by atoms with Crippen molar-refractivity contribution < 1.29 is 14.4 Å². The number of urea groups is 1. The molecule has 1 aromatic heterocycles. The first-order valence-corrected chi connectivity index (χ1v) is 11.0. The first-order valence-electron chi connectivity index (χ1n) is 11.0. The van der Waals surface area contributed by atoms with Gasteiger partial charge in [0.2, 0.25) is 5.91 Å². The third-order valence-electron chi connectivity index (χ3n) is 6.65. The molecule has 4 amide bonds. The number of hydrogen-bond acceptors (Lipinski definition) is 4. The van der Waals surface area contributed by atoms with E-state index in [0.717, 1.165) is 48.2 Å². The van der Waals surface area contributed by atoms with Crippen LogP contribution < -0.4 is 10.6 Å². The predicted molar refractivity (Wildman–Crippen MR) is 120 cm³/mol. The van der Waals surface area contributed by atoms with Gasteiger partial charge in [0.05, 0.1) is 0 Å². The van der Waals surface area contributed by atoms with E-state index in [1.165, 1.54) is 0 Å².